The quantitative estimate of drug-likeness (QED) is 0.715. The Kier molecular flexibility index (Phi) is 3.28. The summed E-state index contributed by atoms with van der Waals surface area (Å²) >= 11 is 0. The number of hydrogen-bond acceptors (Lipinski definition) is 1. The summed E-state index contributed by atoms with van der Waals surface area (Å²) in [6.45, 7) is 5.90. The van der Waals surface area contributed by atoms with E-state index in [0.717, 1.165) is 11.1 Å². The zero-order chi connectivity index (χ0) is 10.7. The van der Waals surface area contributed by atoms with Gasteiger partial charge in [-0.2, -0.15) is 0 Å². The topological polar surface area (TPSA) is 20.2 Å². The maximum Gasteiger partial charge on any atom is 0.130 e. The average Bonchev–Trinajstić information content (AvgIpc) is 2.11. The van der Waals surface area contributed by atoms with E-state index >= 15 is 0 Å². The molecule has 0 aromatic heterocycles. The fraction of sp³-hybridized carbons (Fsp3) is 0.333. The molecular weight excluding hydrogens is 179 g/mol. The molecule has 0 saturated carbocycles. The van der Waals surface area contributed by atoms with Crippen molar-refractivity contribution in [2.75, 3.05) is 0 Å². The highest BCUT2D eigenvalue weighted by atomic mass is 19.1. The number of benzene rings is 1. The van der Waals surface area contributed by atoms with Crippen LogP contribution in [0.3, 0.4) is 0 Å². The number of allylic oxidation sites excluding steroid dienone is 2. The summed E-state index contributed by atoms with van der Waals surface area (Å²) in [5.74, 6) is -0.309. The van der Waals surface area contributed by atoms with Crippen LogP contribution in [-0.2, 0) is 6.42 Å². The van der Waals surface area contributed by atoms with E-state index in [2.05, 4.69) is 0 Å². The van der Waals surface area contributed by atoms with Crippen LogP contribution < -0.4 is 0 Å². The molecule has 0 aliphatic carbocycles. The van der Waals surface area contributed by atoms with Gasteiger partial charge in [0.05, 0.1) is 0 Å². The standard InChI is InChI=1S/C12H15FO/c1-8(2)9(3)7-10-11(13)5-4-6-12(10)14/h4-6,14H,7H2,1-3H3. The Labute approximate surface area is 83.9 Å². The first-order valence-electron chi connectivity index (χ1n) is 4.61. The molecule has 76 valence electrons. The summed E-state index contributed by atoms with van der Waals surface area (Å²) in [4.78, 5) is 0. The Morgan fingerprint density at radius 1 is 1.29 bits per heavy atom. The second-order valence-corrected chi connectivity index (χ2v) is 3.69. The van der Waals surface area contributed by atoms with E-state index < -0.39 is 0 Å². The van der Waals surface area contributed by atoms with Gasteiger partial charge >= 0.3 is 0 Å². The highest BCUT2D eigenvalue weighted by Gasteiger charge is 2.08. The second kappa shape index (κ2) is 4.27. The lowest BCUT2D eigenvalue weighted by molar-refractivity contribution is 0.460. The van der Waals surface area contributed by atoms with Gasteiger partial charge in [-0.15, -0.1) is 0 Å². The van der Waals surface area contributed by atoms with Gasteiger partial charge < -0.3 is 5.11 Å². The van der Waals surface area contributed by atoms with Gasteiger partial charge in [-0.05, 0) is 39.3 Å². The molecule has 0 heterocycles. The van der Waals surface area contributed by atoms with E-state index in [1.165, 1.54) is 18.2 Å². The Morgan fingerprint density at radius 3 is 2.43 bits per heavy atom. The predicted octanol–water partition coefficient (Wildman–Crippen LogP) is 3.43. The minimum atomic E-state index is -0.342. The SMILES string of the molecule is CC(C)=C(C)Cc1c(O)cccc1F. The first-order valence-corrected chi connectivity index (χ1v) is 4.61. The molecule has 0 aliphatic rings. The number of phenols is 1. The third-order valence-corrected chi connectivity index (χ3v) is 2.39. The number of rotatable bonds is 2. The van der Waals surface area contributed by atoms with E-state index in [0.29, 0.717) is 12.0 Å². The van der Waals surface area contributed by atoms with E-state index in [9.17, 15) is 9.50 Å². The van der Waals surface area contributed by atoms with Crippen molar-refractivity contribution in [2.24, 2.45) is 0 Å². The molecule has 0 atom stereocenters. The minimum Gasteiger partial charge on any atom is -0.508 e. The molecule has 1 rings (SSSR count). The van der Waals surface area contributed by atoms with Crippen molar-refractivity contribution in [1.82, 2.24) is 0 Å². The van der Waals surface area contributed by atoms with Crippen molar-refractivity contribution in [2.45, 2.75) is 27.2 Å². The molecule has 0 fully saturated rings. The van der Waals surface area contributed by atoms with Crippen LogP contribution in [0.1, 0.15) is 26.3 Å². The molecule has 0 bridgehead atoms. The molecule has 1 N–H and O–H groups in total. The summed E-state index contributed by atoms with van der Waals surface area (Å²) in [6.07, 6.45) is 0.473. The van der Waals surface area contributed by atoms with Gasteiger partial charge in [-0.25, -0.2) is 4.39 Å². The summed E-state index contributed by atoms with van der Waals surface area (Å²) in [6, 6.07) is 4.38. The van der Waals surface area contributed by atoms with Crippen molar-refractivity contribution in [3.8, 4) is 5.75 Å². The normalized spacial score (nSPS) is 10.0. The summed E-state index contributed by atoms with van der Waals surface area (Å²) in [5.41, 5.74) is 2.63. The molecule has 0 saturated heterocycles. The van der Waals surface area contributed by atoms with Gasteiger partial charge in [0, 0.05) is 5.56 Å². The highest BCUT2D eigenvalue weighted by molar-refractivity contribution is 5.36. The minimum absolute atomic E-state index is 0.0330. The fourth-order valence-corrected chi connectivity index (χ4v) is 1.16. The van der Waals surface area contributed by atoms with Crippen LogP contribution in [0, 0.1) is 5.82 Å². The maximum absolute atomic E-state index is 13.3. The second-order valence-electron chi connectivity index (χ2n) is 3.69. The van der Waals surface area contributed by atoms with Crippen molar-refractivity contribution in [3.63, 3.8) is 0 Å². The van der Waals surface area contributed by atoms with Crippen molar-refractivity contribution >= 4 is 0 Å². The van der Waals surface area contributed by atoms with Crippen molar-refractivity contribution in [3.05, 3.63) is 40.7 Å². The van der Waals surface area contributed by atoms with E-state index in [-0.39, 0.29) is 11.6 Å². The molecule has 1 aromatic rings. The largest absolute Gasteiger partial charge is 0.508 e. The van der Waals surface area contributed by atoms with Crippen LogP contribution in [0.5, 0.6) is 5.75 Å². The highest BCUT2D eigenvalue weighted by Crippen LogP contribution is 2.23. The molecule has 1 aromatic carbocycles. The molecule has 0 unspecified atom stereocenters. The monoisotopic (exact) mass is 194 g/mol. The Hall–Kier alpha value is -1.31. The van der Waals surface area contributed by atoms with Gasteiger partial charge in [-0.1, -0.05) is 17.2 Å². The van der Waals surface area contributed by atoms with Crippen molar-refractivity contribution in [1.29, 1.82) is 0 Å². The van der Waals surface area contributed by atoms with Crippen LogP contribution in [0.2, 0.25) is 0 Å². The van der Waals surface area contributed by atoms with Gasteiger partial charge in [0.1, 0.15) is 11.6 Å². The summed E-state index contributed by atoms with van der Waals surface area (Å²) in [7, 11) is 0. The molecule has 14 heavy (non-hydrogen) atoms. The zero-order valence-electron chi connectivity index (χ0n) is 8.76. The first kappa shape index (κ1) is 10.8. The summed E-state index contributed by atoms with van der Waals surface area (Å²) < 4.78 is 13.3. The third-order valence-electron chi connectivity index (χ3n) is 2.39. The molecule has 0 radical (unpaired) electrons. The predicted molar refractivity (Wildman–Crippen MR) is 55.8 cm³/mol. The van der Waals surface area contributed by atoms with E-state index in [4.69, 9.17) is 0 Å². The van der Waals surface area contributed by atoms with Gasteiger partial charge in [0.15, 0.2) is 0 Å². The summed E-state index contributed by atoms with van der Waals surface area (Å²) in [5, 5.41) is 9.46. The molecule has 0 aliphatic heterocycles. The zero-order valence-corrected chi connectivity index (χ0v) is 8.76. The number of aromatic hydroxyl groups is 1. The van der Waals surface area contributed by atoms with Gasteiger partial charge in [0.2, 0.25) is 0 Å². The van der Waals surface area contributed by atoms with E-state index in [1.54, 1.807) is 0 Å². The van der Waals surface area contributed by atoms with E-state index in [1.807, 2.05) is 20.8 Å². The number of phenolic OH excluding ortho intramolecular Hbond substituents is 1. The Morgan fingerprint density at radius 2 is 1.93 bits per heavy atom. The van der Waals surface area contributed by atoms with Gasteiger partial charge in [0.25, 0.3) is 0 Å². The lowest BCUT2D eigenvalue weighted by Gasteiger charge is -2.07. The van der Waals surface area contributed by atoms with Crippen molar-refractivity contribution < 1.29 is 9.50 Å². The first-order chi connectivity index (χ1) is 6.52. The number of halogens is 1. The lowest BCUT2D eigenvalue weighted by atomic mass is 10.0. The van der Waals surface area contributed by atoms with Crippen LogP contribution >= 0.6 is 0 Å². The van der Waals surface area contributed by atoms with Gasteiger partial charge in [-0.3, -0.25) is 0 Å². The van der Waals surface area contributed by atoms with Crippen LogP contribution in [0.25, 0.3) is 0 Å². The molecular formula is C12H15FO. The Balaban J connectivity index is 3.03. The van der Waals surface area contributed by atoms with Crippen LogP contribution in [0.4, 0.5) is 4.39 Å². The average molecular weight is 194 g/mol. The lowest BCUT2D eigenvalue weighted by Crippen LogP contribution is -1.94. The molecule has 0 amide bonds. The third kappa shape index (κ3) is 2.34. The molecule has 0 spiro atoms. The molecule has 1 nitrogen and oxygen atoms in total. The number of hydrogen-bond donors (Lipinski definition) is 1. The smallest absolute Gasteiger partial charge is 0.130 e. The fourth-order valence-electron chi connectivity index (χ4n) is 1.16. The van der Waals surface area contributed by atoms with Crippen LogP contribution in [-0.4, -0.2) is 5.11 Å². The molecule has 2 heteroatoms. The van der Waals surface area contributed by atoms with Crippen LogP contribution in [0.15, 0.2) is 29.3 Å². The Bertz CT molecular complexity index is 342. The maximum atomic E-state index is 13.3.